The van der Waals surface area contributed by atoms with Crippen molar-refractivity contribution in [2.75, 3.05) is 6.61 Å². The van der Waals surface area contributed by atoms with Gasteiger partial charge >= 0.3 is 11.9 Å². The van der Waals surface area contributed by atoms with Gasteiger partial charge in [0.25, 0.3) is 0 Å². The van der Waals surface area contributed by atoms with Crippen LogP contribution in [0.25, 0.3) is 0 Å². The van der Waals surface area contributed by atoms with Gasteiger partial charge < -0.3 is 9.84 Å². The molecule has 140 valence electrons. The van der Waals surface area contributed by atoms with E-state index in [0.29, 0.717) is 6.61 Å². The van der Waals surface area contributed by atoms with Crippen LogP contribution in [0.1, 0.15) is 91.8 Å². The number of ether oxygens (including phenoxy) is 1. The van der Waals surface area contributed by atoms with Crippen LogP contribution in [0.3, 0.4) is 0 Å². The Balaban J connectivity index is 2.16. The van der Waals surface area contributed by atoms with Crippen LogP contribution in [-0.2, 0) is 4.74 Å². The number of benzene rings is 1. The van der Waals surface area contributed by atoms with Gasteiger partial charge in [-0.15, -0.1) is 0 Å². The number of halogens is 1. The van der Waals surface area contributed by atoms with Crippen LogP contribution in [0.5, 0.6) is 0 Å². The molecule has 0 aliphatic carbocycles. The summed E-state index contributed by atoms with van der Waals surface area (Å²) in [5, 5.41) is 9.41. The normalized spacial score (nSPS) is 10.6. The topological polar surface area (TPSA) is 63.6 Å². The second-order valence-electron chi connectivity index (χ2n) is 6.31. The number of hydrogen-bond donors (Lipinski definition) is 1. The van der Waals surface area contributed by atoms with E-state index in [0.717, 1.165) is 19.3 Å². The highest BCUT2D eigenvalue weighted by molar-refractivity contribution is 6.31. The number of unbranched alkanes of at least 4 members (excludes halogenated alkanes) is 9. The standard InChI is InChI=1S/C20H29ClO4/c1-2-3-4-5-6-7-8-9-10-11-14-25-20(24)17-13-12-16(21)15-18(17)19(22)23/h12-13,15H,2-11,14H2,1H3,(H,22,23). The zero-order chi connectivity index (χ0) is 18.5. The van der Waals surface area contributed by atoms with Gasteiger partial charge in [0.2, 0.25) is 0 Å². The first-order valence-corrected chi connectivity index (χ1v) is 9.64. The molecule has 1 rings (SSSR count). The minimum atomic E-state index is -1.19. The van der Waals surface area contributed by atoms with Crippen LogP contribution in [-0.4, -0.2) is 23.7 Å². The van der Waals surface area contributed by atoms with E-state index in [4.69, 9.17) is 21.4 Å². The molecular weight excluding hydrogens is 340 g/mol. The average Bonchev–Trinajstić information content (AvgIpc) is 2.59. The Bertz CT molecular complexity index is 542. The lowest BCUT2D eigenvalue weighted by Gasteiger charge is -2.08. The van der Waals surface area contributed by atoms with Crippen molar-refractivity contribution < 1.29 is 19.4 Å². The minimum absolute atomic E-state index is 0.0454. The first-order valence-electron chi connectivity index (χ1n) is 9.26. The van der Waals surface area contributed by atoms with Crippen molar-refractivity contribution in [1.82, 2.24) is 0 Å². The Kier molecular flexibility index (Phi) is 11.0. The number of carboxylic acids is 1. The Labute approximate surface area is 155 Å². The Morgan fingerprint density at radius 2 is 1.48 bits per heavy atom. The summed E-state index contributed by atoms with van der Waals surface area (Å²) >= 11 is 5.77. The van der Waals surface area contributed by atoms with Gasteiger partial charge in [-0.25, -0.2) is 9.59 Å². The summed E-state index contributed by atoms with van der Waals surface area (Å²) in [4.78, 5) is 23.2. The number of hydrogen-bond acceptors (Lipinski definition) is 3. The predicted octanol–water partition coefficient (Wildman–Crippen LogP) is 6.12. The molecule has 1 aromatic carbocycles. The van der Waals surface area contributed by atoms with Crippen LogP contribution in [0.2, 0.25) is 5.02 Å². The first-order chi connectivity index (χ1) is 12.1. The van der Waals surface area contributed by atoms with Gasteiger partial charge in [0.1, 0.15) is 0 Å². The number of carbonyl (C=O) groups excluding carboxylic acids is 1. The molecule has 0 radical (unpaired) electrons. The van der Waals surface area contributed by atoms with Crippen molar-refractivity contribution in [2.45, 2.75) is 71.1 Å². The Morgan fingerprint density at radius 3 is 2.04 bits per heavy atom. The minimum Gasteiger partial charge on any atom is -0.478 e. The lowest BCUT2D eigenvalue weighted by molar-refractivity contribution is 0.0487. The van der Waals surface area contributed by atoms with Gasteiger partial charge in [-0.1, -0.05) is 76.3 Å². The zero-order valence-electron chi connectivity index (χ0n) is 15.1. The number of carbonyl (C=O) groups is 2. The van der Waals surface area contributed by atoms with E-state index in [1.54, 1.807) is 0 Å². The smallest absolute Gasteiger partial charge is 0.339 e. The third kappa shape index (κ3) is 8.92. The Hall–Kier alpha value is -1.55. The van der Waals surface area contributed by atoms with Gasteiger partial charge in [-0.2, -0.15) is 0 Å². The molecule has 0 spiro atoms. The molecule has 4 nitrogen and oxygen atoms in total. The van der Waals surface area contributed by atoms with Crippen LogP contribution < -0.4 is 0 Å². The van der Waals surface area contributed by atoms with Crippen LogP contribution in [0.15, 0.2) is 18.2 Å². The molecule has 1 N–H and O–H groups in total. The number of carboxylic acid groups (broad SMARTS) is 1. The van der Waals surface area contributed by atoms with E-state index >= 15 is 0 Å². The highest BCUT2D eigenvalue weighted by atomic mass is 35.5. The summed E-state index contributed by atoms with van der Waals surface area (Å²) in [7, 11) is 0. The van der Waals surface area contributed by atoms with Gasteiger partial charge in [-0.05, 0) is 24.6 Å². The average molecular weight is 369 g/mol. The fourth-order valence-electron chi connectivity index (χ4n) is 2.70. The number of aromatic carboxylic acids is 1. The highest BCUT2D eigenvalue weighted by Crippen LogP contribution is 2.17. The third-order valence-corrected chi connectivity index (χ3v) is 4.40. The van der Waals surface area contributed by atoms with Crippen LogP contribution >= 0.6 is 11.6 Å². The molecule has 0 saturated heterocycles. The molecule has 1 aromatic rings. The fourth-order valence-corrected chi connectivity index (χ4v) is 2.88. The van der Waals surface area contributed by atoms with Crippen molar-refractivity contribution in [2.24, 2.45) is 0 Å². The molecule has 0 saturated carbocycles. The van der Waals surface area contributed by atoms with E-state index in [1.165, 1.54) is 63.1 Å². The molecule has 0 bridgehead atoms. The van der Waals surface area contributed by atoms with Gasteiger partial charge in [0.15, 0.2) is 0 Å². The maximum absolute atomic E-state index is 12.0. The summed E-state index contributed by atoms with van der Waals surface area (Å²) in [6.45, 7) is 2.54. The second kappa shape index (κ2) is 12.8. The molecule has 0 heterocycles. The molecular formula is C20H29ClO4. The Morgan fingerprint density at radius 1 is 0.920 bits per heavy atom. The fraction of sp³-hybridized carbons (Fsp3) is 0.600. The summed E-state index contributed by atoms with van der Waals surface area (Å²) in [5.41, 5.74) is -0.0791. The van der Waals surface area contributed by atoms with Crippen molar-refractivity contribution in [3.05, 3.63) is 34.3 Å². The lowest BCUT2D eigenvalue weighted by atomic mass is 10.1. The number of esters is 1. The van der Waals surface area contributed by atoms with E-state index in [1.807, 2.05) is 0 Å². The largest absolute Gasteiger partial charge is 0.478 e. The molecule has 0 aromatic heterocycles. The summed E-state index contributed by atoms with van der Waals surface area (Å²) in [6.07, 6.45) is 12.1. The lowest BCUT2D eigenvalue weighted by Crippen LogP contribution is -2.12. The second-order valence-corrected chi connectivity index (χ2v) is 6.75. The molecule has 5 heteroatoms. The molecule has 0 aliphatic heterocycles. The first kappa shape index (κ1) is 21.5. The van der Waals surface area contributed by atoms with E-state index in [-0.39, 0.29) is 16.1 Å². The predicted molar refractivity (Wildman–Crippen MR) is 101 cm³/mol. The molecule has 0 unspecified atom stereocenters. The highest BCUT2D eigenvalue weighted by Gasteiger charge is 2.18. The van der Waals surface area contributed by atoms with Gasteiger partial charge in [0.05, 0.1) is 17.7 Å². The molecule has 0 amide bonds. The zero-order valence-corrected chi connectivity index (χ0v) is 15.8. The molecule has 25 heavy (non-hydrogen) atoms. The van der Waals surface area contributed by atoms with Crippen molar-refractivity contribution in [1.29, 1.82) is 0 Å². The molecule has 0 atom stereocenters. The third-order valence-electron chi connectivity index (χ3n) is 4.16. The SMILES string of the molecule is CCCCCCCCCCCCOC(=O)c1ccc(Cl)cc1C(=O)O. The summed E-state index contributed by atoms with van der Waals surface area (Å²) < 4.78 is 5.19. The number of rotatable bonds is 13. The van der Waals surface area contributed by atoms with E-state index in [9.17, 15) is 9.59 Å². The van der Waals surface area contributed by atoms with E-state index < -0.39 is 11.9 Å². The quantitative estimate of drug-likeness (QED) is 0.336. The molecule has 0 fully saturated rings. The maximum Gasteiger partial charge on any atom is 0.339 e. The maximum atomic E-state index is 12.0. The van der Waals surface area contributed by atoms with Crippen molar-refractivity contribution in [3.8, 4) is 0 Å². The van der Waals surface area contributed by atoms with E-state index in [2.05, 4.69) is 6.92 Å². The summed E-state index contributed by atoms with van der Waals surface area (Å²) in [5.74, 6) is -1.79. The monoisotopic (exact) mass is 368 g/mol. The summed E-state index contributed by atoms with van der Waals surface area (Å²) in [6, 6.07) is 4.15. The van der Waals surface area contributed by atoms with Crippen LogP contribution in [0.4, 0.5) is 0 Å². The van der Waals surface area contributed by atoms with Gasteiger partial charge in [0, 0.05) is 5.02 Å². The molecule has 0 aliphatic rings. The van der Waals surface area contributed by atoms with Crippen LogP contribution in [0, 0.1) is 0 Å². The van der Waals surface area contributed by atoms with Gasteiger partial charge in [-0.3, -0.25) is 0 Å². The van der Waals surface area contributed by atoms with Crippen molar-refractivity contribution >= 4 is 23.5 Å². The van der Waals surface area contributed by atoms with Crippen molar-refractivity contribution in [3.63, 3.8) is 0 Å².